The number of carbonyl (C=O) groups excluding carboxylic acids is 1. The minimum atomic E-state index is -0.153. The fraction of sp³-hybridized carbons (Fsp3) is 0.227. The molecule has 0 fully saturated rings. The molecule has 2 aromatic carbocycles. The largest absolute Gasteiger partial charge is 0.497 e. The Labute approximate surface area is 163 Å². The average Bonchev–Trinajstić information content (AvgIpc) is 2.74. The number of aromatic nitrogens is 2. The molecule has 1 amide bonds. The predicted octanol–water partition coefficient (Wildman–Crippen LogP) is 2.67. The number of carbonyl (C=O) groups is 1. The monoisotopic (exact) mass is 377 g/mol. The number of hydrogen-bond donors (Lipinski definition) is 1. The number of hydrogen-bond acceptors (Lipinski definition) is 4. The number of benzene rings is 2. The number of rotatable bonds is 8. The lowest BCUT2D eigenvalue weighted by Crippen LogP contribution is -2.30. The van der Waals surface area contributed by atoms with Crippen molar-refractivity contribution in [2.75, 3.05) is 13.7 Å². The summed E-state index contributed by atoms with van der Waals surface area (Å²) in [6, 6.07) is 18.8. The Morgan fingerprint density at radius 2 is 1.86 bits per heavy atom. The summed E-state index contributed by atoms with van der Waals surface area (Å²) < 4.78 is 6.62. The van der Waals surface area contributed by atoms with E-state index in [4.69, 9.17) is 4.74 Å². The summed E-state index contributed by atoms with van der Waals surface area (Å²) in [6.07, 6.45) is 2.64. The molecule has 0 spiro atoms. The van der Waals surface area contributed by atoms with Crippen LogP contribution < -0.4 is 15.6 Å². The van der Waals surface area contributed by atoms with E-state index >= 15 is 0 Å². The third kappa shape index (κ3) is 5.30. The molecule has 28 heavy (non-hydrogen) atoms. The first kappa shape index (κ1) is 19.4. The van der Waals surface area contributed by atoms with Crippen LogP contribution in [0, 0.1) is 0 Å². The van der Waals surface area contributed by atoms with Gasteiger partial charge in [0.1, 0.15) is 5.75 Å². The first-order chi connectivity index (χ1) is 13.7. The highest BCUT2D eigenvalue weighted by Gasteiger charge is 2.05. The van der Waals surface area contributed by atoms with Crippen LogP contribution in [0.25, 0.3) is 11.3 Å². The minimum Gasteiger partial charge on any atom is -0.497 e. The van der Waals surface area contributed by atoms with Gasteiger partial charge in [0, 0.05) is 31.1 Å². The molecule has 6 heteroatoms. The van der Waals surface area contributed by atoms with Crippen molar-refractivity contribution in [1.29, 1.82) is 0 Å². The molecule has 0 radical (unpaired) electrons. The lowest BCUT2D eigenvalue weighted by Gasteiger charge is -2.09. The number of methoxy groups -OCH3 is 1. The molecule has 1 N–H and O–H groups in total. The zero-order valence-electron chi connectivity index (χ0n) is 15.8. The standard InChI is InChI=1S/C22H23N3O3/c1-28-19-10-8-18(9-11-19)20-15-22(27)25(16-24-20)14-13-23-21(26)12-7-17-5-3-2-4-6-17/h2-6,8-11,15-16H,7,12-14H2,1H3,(H,23,26). The molecule has 0 aliphatic rings. The van der Waals surface area contributed by atoms with Crippen molar-refractivity contribution >= 4 is 5.91 Å². The number of amides is 1. The molecule has 3 aromatic rings. The molecule has 0 atom stereocenters. The molecule has 6 nitrogen and oxygen atoms in total. The lowest BCUT2D eigenvalue weighted by molar-refractivity contribution is -0.121. The first-order valence-corrected chi connectivity index (χ1v) is 9.17. The summed E-state index contributed by atoms with van der Waals surface area (Å²) in [5.41, 5.74) is 2.43. The predicted molar refractivity (Wildman–Crippen MR) is 108 cm³/mol. The maximum Gasteiger partial charge on any atom is 0.253 e. The second-order valence-electron chi connectivity index (χ2n) is 6.37. The van der Waals surface area contributed by atoms with Crippen LogP contribution in [0.1, 0.15) is 12.0 Å². The normalized spacial score (nSPS) is 10.5. The average molecular weight is 377 g/mol. The van der Waals surface area contributed by atoms with Crippen molar-refractivity contribution in [2.24, 2.45) is 0 Å². The third-order valence-corrected chi connectivity index (χ3v) is 4.42. The SMILES string of the molecule is COc1ccc(-c2cc(=O)n(CCNC(=O)CCc3ccccc3)cn2)cc1. The van der Waals surface area contributed by atoms with Gasteiger partial charge in [-0.15, -0.1) is 0 Å². The molecule has 144 valence electrons. The molecule has 0 aliphatic heterocycles. The van der Waals surface area contributed by atoms with Crippen LogP contribution in [-0.2, 0) is 17.8 Å². The van der Waals surface area contributed by atoms with E-state index in [0.717, 1.165) is 16.9 Å². The van der Waals surface area contributed by atoms with Crippen LogP contribution in [0.5, 0.6) is 5.75 Å². The summed E-state index contributed by atoms with van der Waals surface area (Å²) >= 11 is 0. The van der Waals surface area contributed by atoms with Crippen LogP contribution in [0.15, 0.2) is 71.8 Å². The Balaban J connectivity index is 1.50. The first-order valence-electron chi connectivity index (χ1n) is 9.17. The van der Waals surface area contributed by atoms with Crippen LogP contribution in [0.3, 0.4) is 0 Å². The molecule has 0 saturated carbocycles. The zero-order chi connectivity index (χ0) is 19.8. The molecule has 1 aromatic heterocycles. The van der Waals surface area contributed by atoms with Crippen LogP contribution in [-0.4, -0.2) is 29.1 Å². The summed E-state index contributed by atoms with van der Waals surface area (Å²) in [5.74, 6) is 0.722. The number of nitrogens with one attached hydrogen (secondary N) is 1. The highest BCUT2D eigenvalue weighted by Crippen LogP contribution is 2.19. The van der Waals surface area contributed by atoms with Crippen molar-refractivity contribution in [3.63, 3.8) is 0 Å². The quantitative estimate of drug-likeness (QED) is 0.655. The highest BCUT2D eigenvalue weighted by atomic mass is 16.5. The molecule has 1 heterocycles. The third-order valence-electron chi connectivity index (χ3n) is 4.42. The summed E-state index contributed by atoms with van der Waals surface area (Å²) in [7, 11) is 1.61. The fourth-order valence-electron chi connectivity index (χ4n) is 2.82. The van der Waals surface area contributed by atoms with Gasteiger partial charge in [-0.1, -0.05) is 30.3 Å². The molecule has 0 aliphatic carbocycles. The van der Waals surface area contributed by atoms with Crippen molar-refractivity contribution in [3.05, 3.63) is 82.9 Å². The van der Waals surface area contributed by atoms with Crippen LogP contribution in [0.2, 0.25) is 0 Å². The Hall–Kier alpha value is -3.41. The number of ether oxygens (including phenoxy) is 1. The summed E-state index contributed by atoms with van der Waals surface area (Å²) in [5, 5.41) is 2.85. The van der Waals surface area contributed by atoms with Crippen molar-refractivity contribution in [2.45, 2.75) is 19.4 Å². The van der Waals surface area contributed by atoms with Crippen LogP contribution >= 0.6 is 0 Å². The Bertz CT molecular complexity index is 966. The summed E-state index contributed by atoms with van der Waals surface area (Å²) in [6.45, 7) is 0.767. The van der Waals surface area contributed by atoms with Crippen molar-refractivity contribution < 1.29 is 9.53 Å². The van der Waals surface area contributed by atoms with E-state index in [9.17, 15) is 9.59 Å². The molecule has 0 saturated heterocycles. The second kappa shape index (κ2) is 9.50. The fourth-order valence-corrected chi connectivity index (χ4v) is 2.82. The van der Waals surface area contributed by atoms with Gasteiger partial charge in [-0.05, 0) is 36.2 Å². The van der Waals surface area contributed by atoms with E-state index < -0.39 is 0 Å². The van der Waals surface area contributed by atoms with E-state index in [2.05, 4.69) is 10.3 Å². The van der Waals surface area contributed by atoms with Gasteiger partial charge in [-0.3, -0.25) is 14.2 Å². The highest BCUT2D eigenvalue weighted by molar-refractivity contribution is 5.76. The topological polar surface area (TPSA) is 73.2 Å². The maximum atomic E-state index is 12.3. The number of nitrogens with zero attached hydrogens (tertiary/aromatic N) is 2. The summed E-state index contributed by atoms with van der Waals surface area (Å²) in [4.78, 5) is 28.6. The van der Waals surface area contributed by atoms with Gasteiger partial charge in [0.05, 0.1) is 19.1 Å². The smallest absolute Gasteiger partial charge is 0.253 e. The van der Waals surface area contributed by atoms with E-state index in [1.54, 1.807) is 7.11 Å². The molecule has 3 rings (SSSR count). The van der Waals surface area contributed by atoms with E-state index in [-0.39, 0.29) is 11.5 Å². The Morgan fingerprint density at radius 3 is 2.54 bits per heavy atom. The number of aryl methyl sites for hydroxylation is 1. The van der Waals surface area contributed by atoms with E-state index in [0.29, 0.717) is 31.6 Å². The minimum absolute atomic E-state index is 0.0280. The van der Waals surface area contributed by atoms with Crippen LogP contribution in [0.4, 0.5) is 0 Å². The van der Waals surface area contributed by atoms with Gasteiger partial charge in [0.2, 0.25) is 5.91 Å². The van der Waals surface area contributed by atoms with Gasteiger partial charge in [-0.25, -0.2) is 4.98 Å². The molecule has 0 unspecified atom stereocenters. The Morgan fingerprint density at radius 1 is 1.11 bits per heavy atom. The van der Waals surface area contributed by atoms with Crippen molar-refractivity contribution in [1.82, 2.24) is 14.9 Å². The molecular weight excluding hydrogens is 354 g/mol. The van der Waals surface area contributed by atoms with Gasteiger partial charge in [0.15, 0.2) is 0 Å². The molecular formula is C22H23N3O3. The maximum absolute atomic E-state index is 12.3. The molecule has 0 bridgehead atoms. The second-order valence-corrected chi connectivity index (χ2v) is 6.37. The zero-order valence-corrected chi connectivity index (χ0v) is 15.8. The Kier molecular flexibility index (Phi) is 6.57. The van der Waals surface area contributed by atoms with Gasteiger partial charge in [-0.2, -0.15) is 0 Å². The van der Waals surface area contributed by atoms with Crippen molar-refractivity contribution in [3.8, 4) is 17.0 Å². The van der Waals surface area contributed by atoms with Gasteiger partial charge in [0.25, 0.3) is 5.56 Å². The lowest BCUT2D eigenvalue weighted by atomic mass is 10.1. The van der Waals surface area contributed by atoms with E-state index in [1.165, 1.54) is 17.0 Å². The van der Waals surface area contributed by atoms with E-state index in [1.807, 2.05) is 54.6 Å². The van der Waals surface area contributed by atoms with Gasteiger partial charge < -0.3 is 10.1 Å². The van der Waals surface area contributed by atoms with Gasteiger partial charge >= 0.3 is 0 Å².